The number of carbonyl (C=O) groups excluding carboxylic acids is 3. The summed E-state index contributed by atoms with van der Waals surface area (Å²) in [5.41, 5.74) is 16.2. The molecule has 0 unspecified atom stereocenters. The van der Waals surface area contributed by atoms with Crippen molar-refractivity contribution in [1.29, 1.82) is 0 Å². The van der Waals surface area contributed by atoms with Gasteiger partial charge in [0.2, 0.25) is 23.8 Å². The number of nitrogens with two attached hydrogens (primary N) is 3. The summed E-state index contributed by atoms with van der Waals surface area (Å²) in [5, 5.41) is 2.35. The molecule has 2 amide bonds. The number of rotatable bonds is 4. The summed E-state index contributed by atoms with van der Waals surface area (Å²) in [6.45, 7) is 1.30. The van der Waals surface area contributed by atoms with E-state index in [1.807, 2.05) is 0 Å². The molecule has 10 nitrogen and oxygen atoms in total. The van der Waals surface area contributed by atoms with E-state index in [1.54, 1.807) is 0 Å². The number of amides is 2. The number of primary amides is 1. The molecule has 7 N–H and O–H groups in total. The molecule has 1 heterocycles. The van der Waals surface area contributed by atoms with E-state index in [-0.39, 0.29) is 40.3 Å². The van der Waals surface area contributed by atoms with Gasteiger partial charge in [0.25, 0.3) is 5.91 Å². The monoisotopic (exact) mass is 315 g/mol. The molecule has 0 saturated carbocycles. The SMILES string of the molecule is CC(=O)c1cc(C(N)=O)cc(C(=O)Nc2nc(N)nc(N)n2)c1. The van der Waals surface area contributed by atoms with Crippen molar-refractivity contribution in [3.8, 4) is 0 Å². The second kappa shape index (κ2) is 6.05. The first kappa shape index (κ1) is 15.8. The third-order valence-electron chi connectivity index (χ3n) is 2.78. The Balaban J connectivity index is 2.38. The van der Waals surface area contributed by atoms with Gasteiger partial charge >= 0.3 is 0 Å². The molecule has 0 spiro atoms. The molecule has 0 atom stereocenters. The van der Waals surface area contributed by atoms with Gasteiger partial charge in [-0.3, -0.25) is 19.7 Å². The van der Waals surface area contributed by atoms with Crippen LogP contribution >= 0.6 is 0 Å². The number of hydrogen-bond acceptors (Lipinski definition) is 8. The molecule has 0 bridgehead atoms. The van der Waals surface area contributed by atoms with Gasteiger partial charge in [-0.1, -0.05) is 0 Å². The smallest absolute Gasteiger partial charge is 0.258 e. The Labute approximate surface area is 130 Å². The van der Waals surface area contributed by atoms with Gasteiger partial charge in [-0.25, -0.2) is 0 Å². The molecule has 118 valence electrons. The summed E-state index contributed by atoms with van der Waals surface area (Å²) in [5.74, 6) is -2.24. The van der Waals surface area contributed by atoms with Crippen LogP contribution in [-0.4, -0.2) is 32.5 Å². The van der Waals surface area contributed by atoms with Crippen LogP contribution in [0, 0.1) is 0 Å². The van der Waals surface area contributed by atoms with E-state index in [4.69, 9.17) is 17.2 Å². The molecule has 10 heteroatoms. The van der Waals surface area contributed by atoms with Crippen LogP contribution in [0.25, 0.3) is 0 Å². The third-order valence-corrected chi connectivity index (χ3v) is 2.78. The lowest BCUT2D eigenvalue weighted by molar-refractivity contribution is 0.1000. The van der Waals surface area contributed by atoms with Gasteiger partial charge in [-0.05, 0) is 25.1 Å². The zero-order chi connectivity index (χ0) is 17.1. The number of Topliss-reactive ketones (excluding diaryl/α,β-unsaturated/α-hetero) is 1. The lowest BCUT2D eigenvalue weighted by Gasteiger charge is -2.07. The van der Waals surface area contributed by atoms with Crippen molar-refractivity contribution >= 4 is 35.4 Å². The van der Waals surface area contributed by atoms with Crippen LogP contribution in [0.1, 0.15) is 38.0 Å². The Morgan fingerprint density at radius 2 is 1.43 bits per heavy atom. The van der Waals surface area contributed by atoms with Crippen LogP contribution in [0.15, 0.2) is 18.2 Å². The van der Waals surface area contributed by atoms with Gasteiger partial charge in [0, 0.05) is 16.7 Å². The number of ketones is 1. The maximum Gasteiger partial charge on any atom is 0.258 e. The molecule has 0 fully saturated rings. The second-order valence-corrected chi connectivity index (χ2v) is 4.55. The van der Waals surface area contributed by atoms with Crippen molar-refractivity contribution in [1.82, 2.24) is 15.0 Å². The minimum absolute atomic E-state index is 0.0255. The zero-order valence-corrected chi connectivity index (χ0v) is 12.0. The molecule has 2 aromatic rings. The normalized spacial score (nSPS) is 10.1. The molecular weight excluding hydrogens is 302 g/mol. The summed E-state index contributed by atoms with van der Waals surface area (Å²) >= 11 is 0. The standard InChI is InChI=1S/C13H13N7O3/c1-5(21)6-2-7(9(14)22)4-8(3-6)10(23)17-13-19-11(15)18-12(16)20-13/h2-4H,1H3,(H2,14,22)(H5,15,16,17,18,19,20,23). The van der Waals surface area contributed by atoms with Crippen molar-refractivity contribution in [2.24, 2.45) is 5.73 Å². The fraction of sp³-hybridized carbons (Fsp3) is 0.0769. The van der Waals surface area contributed by atoms with Crippen molar-refractivity contribution in [3.63, 3.8) is 0 Å². The highest BCUT2D eigenvalue weighted by Crippen LogP contribution is 2.13. The van der Waals surface area contributed by atoms with Crippen molar-refractivity contribution in [2.75, 3.05) is 16.8 Å². The Morgan fingerprint density at radius 1 is 0.913 bits per heavy atom. The Kier molecular flexibility index (Phi) is 4.16. The first-order valence-electron chi connectivity index (χ1n) is 6.30. The average molecular weight is 315 g/mol. The highest BCUT2D eigenvalue weighted by atomic mass is 16.2. The molecular formula is C13H13N7O3. The average Bonchev–Trinajstić information content (AvgIpc) is 2.45. The van der Waals surface area contributed by atoms with E-state index < -0.39 is 11.8 Å². The maximum atomic E-state index is 12.2. The number of hydrogen-bond donors (Lipinski definition) is 4. The summed E-state index contributed by atoms with van der Waals surface area (Å²) in [6, 6.07) is 3.87. The molecule has 0 aliphatic rings. The van der Waals surface area contributed by atoms with Crippen molar-refractivity contribution in [2.45, 2.75) is 6.92 Å². The number of carbonyl (C=O) groups is 3. The highest BCUT2D eigenvalue weighted by molar-refractivity contribution is 6.08. The minimum atomic E-state index is -0.768. The quantitative estimate of drug-likeness (QED) is 0.549. The van der Waals surface area contributed by atoms with Crippen LogP contribution < -0.4 is 22.5 Å². The lowest BCUT2D eigenvalue weighted by atomic mass is 10.0. The number of anilines is 3. The van der Waals surface area contributed by atoms with Gasteiger partial charge in [0.05, 0.1) is 0 Å². The third kappa shape index (κ3) is 3.75. The number of nitrogens with zero attached hydrogens (tertiary/aromatic N) is 3. The number of nitrogen functional groups attached to an aromatic ring is 2. The first-order valence-corrected chi connectivity index (χ1v) is 6.30. The predicted octanol–water partition coefficient (Wildman–Crippen LogP) is -0.410. The predicted molar refractivity (Wildman–Crippen MR) is 81.6 cm³/mol. The second-order valence-electron chi connectivity index (χ2n) is 4.55. The van der Waals surface area contributed by atoms with E-state index >= 15 is 0 Å². The van der Waals surface area contributed by atoms with Gasteiger partial charge in [0.15, 0.2) is 5.78 Å². The Morgan fingerprint density at radius 3 is 1.96 bits per heavy atom. The van der Waals surface area contributed by atoms with E-state index in [0.29, 0.717) is 0 Å². The van der Waals surface area contributed by atoms with Crippen LogP contribution in [-0.2, 0) is 0 Å². The Hall–Kier alpha value is -3.56. The molecule has 0 aliphatic carbocycles. The van der Waals surface area contributed by atoms with Gasteiger partial charge in [-0.15, -0.1) is 0 Å². The summed E-state index contributed by atoms with van der Waals surface area (Å²) in [6.07, 6.45) is 0. The van der Waals surface area contributed by atoms with Crippen LogP contribution in [0.2, 0.25) is 0 Å². The molecule has 0 saturated heterocycles. The van der Waals surface area contributed by atoms with Crippen LogP contribution in [0.5, 0.6) is 0 Å². The van der Waals surface area contributed by atoms with Crippen LogP contribution in [0.3, 0.4) is 0 Å². The number of nitrogens with one attached hydrogen (secondary N) is 1. The van der Waals surface area contributed by atoms with Gasteiger partial charge in [-0.2, -0.15) is 15.0 Å². The first-order chi connectivity index (χ1) is 10.8. The largest absolute Gasteiger partial charge is 0.368 e. The van der Waals surface area contributed by atoms with Crippen molar-refractivity contribution in [3.05, 3.63) is 34.9 Å². The minimum Gasteiger partial charge on any atom is -0.368 e. The molecule has 1 aromatic carbocycles. The maximum absolute atomic E-state index is 12.2. The van der Waals surface area contributed by atoms with Crippen LogP contribution in [0.4, 0.5) is 17.8 Å². The van der Waals surface area contributed by atoms with Crippen molar-refractivity contribution < 1.29 is 14.4 Å². The van der Waals surface area contributed by atoms with E-state index in [1.165, 1.54) is 25.1 Å². The number of benzene rings is 1. The highest BCUT2D eigenvalue weighted by Gasteiger charge is 2.15. The zero-order valence-electron chi connectivity index (χ0n) is 12.0. The summed E-state index contributed by atoms with van der Waals surface area (Å²) < 4.78 is 0. The van der Waals surface area contributed by atoms with Gasteiger partial charge < -0.3 is 17.2 Å². The lowest BCUT2D eigenvalue weighted by Crippen LogP contribution is -2.19. The van der Waals surface area contributed by atoms with E-state index in [2.05, 4.69) is 20.3 Å². The molecule has 0 aliphatic heterocycles. The fourth-order valence-electron chi connectivity index (χ4n) is 1.74. The summed E-state index contributed by atoms with van der Waals surface area (Å²) in [4.78, 5) is 46.0. The molecule has 0 radical (unpaired) electrons. The Bertz CT molecular complexity index is 767. The summed E-state index contributed by atoms with van der Waals surface area (Å²) in [7, 11) is 0. The van der Waals surface area contributed by atoms with E-state index in [9.17, 15) is 14.4 Å². The molecule has 1 aromatic heterocycles. The van der Waals surface area contributed by atoms with Gasteiger partial charge in [0.1, 0.15) is 0 Å². The molecule has 2 rings (SSSR count). The van der Waals surface area contributed by atoms with E-state index in [0.717, 1.165) is 0 Å². The molecule has 23 heavy (non-hydrogen) atoms. The number of aromatic nitrogens is 3. The fourth-order valence-corrected chi connectivity index (χ4v) is 1.74. The topological polar surface area (TPSA) is 180 Å².